The van der Waals surface area contributed by atoms with Crippen LogP contribution < -0.4 is 16.1 Å². The number of aliphatic hydroxyl groups is 1. The summed E-state index contributed by atoms with van der Waals surface area (Å²) < 4.78 is 2.11. The number of likely N-dealkylation sites (N-methyl/N-ethyl adjacent to an activating group) is 1. The Kier molecular flexibility index (Phi) is 3.93. The van der Waals surface area contributed by atoms with Crippen LogP contribution in [0.4, 0.5) is 5.82 Å². The van der Waals surface area contributed by atoms with Crippen LogP contribution in [0.1, 0.15) is 12.5 Å². The molecule has 7 nitrogen and oxygen atoms in total. The van der Waals surface area contributed by atoms with Crippen LogP contribution in [-0.4, -0.2) is 33.9 Å². The van der Waals surface area contributed by atoms with Crippen LogP contribution in [0.2, 0.25) is 0 Å². The number of rotatable bonds is 3. The van der Waals surface area contributed by atoms with Gasteiger partial charge >= 0.3 is 5.69 Å². The highest BCUT2D eigenvalue weighted by molar-refractivity contribution is 5.52. The molecule has 0 aliphatic heterocycles. The SMILES string of the molecule is CC(O)CN(C)c1c(C#N)c(=O)n(C)c(=O)n1C. The number of hydrogen-bond donors (Lipinski definition) is 1. The Morgan fingerprint density at radius 2 is 1.94 bits per heavy atom. The van der Waals surface area contributed by atoms with E-state index in [1.165, 1.54) is 23.6 Å². The van der Waals surface area contributed by atoms with E-state index < -0.39 is 17.4 Å². The predicted octanol–water partition coefficient (Wildman–Crippen LogP) is -1.23. The molecule has 0 aliphatic rings. The quantitative estimate of drug-likeness (QED) is 0.727. The third kappa shape index (κ3) is 2.28. The van der Waals surface area contributed by atoms with E-state index in [9.17, 15) is 14.7 Å². The van der Waals surface area contributed by atoms with Crippen LogP contribution in [0, 0.1) is 11.3 Å². The van der Waals surface area contributed by atoms with Gasteiger partial charge in [-0.3, -0.25) is 13.9 Å². The van der Waals surface area contributed by atoms with Crippen LogP contribution in [0.5, 0.6) is 0 Å². The molecule has 1 N–H and O–H groups in total. The fraction of sp³-hybridized carbons (Fsp3) is 0.545. The zero-order chi connectivity index (χ0) is 14.0. The molecule has 18 heavy (non-hydrogen) atoms. The van der Waals surface area contributed by atoms with Crippen LogP contribution >= 0.6 is 0 Å². The van der Waals surface area contributed by atoms with E-state index in [0.717, 1.165) is 4.57 Å². The lowest BCUT2D eigenvalue weighted by Crippen LogP contribution is -2.42. The van der Waals surface area contributed by atoms with E-state index in [-0.39, 0.29) is 17.9 Å². The van der Waals surface area contributed by atoms with E-state index in [4.69, 9.17) is 5.26 Å². The van der Waals surface area contributed by atoms with Gasteiger partial charge in [0.15, 0.2) is 5.56 Å². The largest absolute Gasteiger partial charge is 0.392 e. The fourth-order valence-electron chi connectivity index (χ4n) is 1.86. The zero-order valence-corrected chi connectivity index (χ0v) is 10.8. The van der Waals surface area contributed by atoms with E-state index in [2.05, 4.69) is 0 Å². The number of nitrogens with zero attached hydrogens (tertiary/aromatic N) is 4. The van der Waals surface area contributed by atoms with Crippen LogP contribution in [0.25, 0.3) is 0 Å². The highest BCUT2D eigenvalue weighted by atomic mass is 16.3. The lowest BCUT2D eigenvalue weighted by molar-refractivity contribution is 0.201. The van der Waals surface area contributed by atoms with Gasteiger partial charge in [0.25, 0.3) is 5.56 Å². The normalized spacial score (nSPS) is 12.0. The Hall–Kier alpha value is -2.07. The highest BCUT2D eigenvalue weighted by Crippen LogP contribution is 2.12. The van der Waals surface area contributed by atoms with Crippen LogP contribution in [0.3, 0.4) is 0 Å². The van der Waals surface area contributed by atoms with Gasteiger partial charge in [-0.25, -0.2) is 4.79 Å². The van der Waals surface area contributed by atoms with Gasteiger partial charge in [0.1, 0.15) is 11.9 Å². The van der Waals surface area contributed by atoms with Gasteiger partial charge in [-0.1, -0.05) is 0 Å². The standard InChI is InChI=1S/C11H16N4O3/c1-7(16)6-13(2)9-8(5-12)10(17)15(4)11(18)14(9)3/h7,16H,6H2,1-4H3. The summed E-state index contributed by atoms with van der Waals surface area (Å²) in [5.41, 5.74) is -1.25. The summed E-state index contributed by atoms with van der Waals surface area (Å²) in [4.78, 5) is 25.1. The molecule has 1 aromatic rings. The molecule has 1 unspecified atom stereocenters. The Morgan fingerprint density at radius 1 is 1.39 bits per heavy atom. The Labute approximate surface area is 104 Å². The van der Waals surface area contributed by atoms with Crippen molar-refractivity contribution in [3.63, 3.8) is 0 Å². The third-order valence-corrected chi connectivity index (χ3v) is 2.65. The lowest BCUT2D eigenvalue weighted by Gasteiger charge is -2.24. The molecule has 1 heterocycles. The van der Waals surface area contributed by atoms with Crippen molar-refractivity contribution < 1.29 is 5.11 Å². The third-order valence-electron chi connectivity index (χ3n) is 2.65. The minimum absolute atomic E-state index is 0.109. The molecule has 0 spiro atoms. The van der Waals surface area contributed by atoms with Gasteiger partial charge in [0.2, 0.25) is 0 Å². The molecule has 0 amide bonds. The molecule has 0 saturated heterocycles. The van der Waals surface area contributed by atoms with E-state index in [0.29, 0.717) is 0 Å². The maximum absolute atomic E-state index is 11.8. The molecule has 0 fully saturated rings. The maximum atomic E-state index is 11.8. The van der Waals surface area contributed by atoms with E-state index in [1.807, 2.05) is 6.07 Å². The zero-order valence-electron chi connectivity index (χ0n) is 10.8. The first-order valence-electron chi connectivity index (χ1n) is 5.40. The first kappa shape index (κ1) is 14.0. The van der Waals surface area contributed by atoms with Crippen LogP contribution in [0.15, 0.2) is 9.59 Å². The summed E-state index contributed by atoms with van der Waals surface area (Å²) in [6.07, 6.45) is -0.638. The van der Waals surface area contributed by atoms with Gasteiger partial charge < -0.3 is 10.0 Å². The number of anilines is 1. The smallest absolute Gasteiger partial charge is 0.332 e. The van der Waals surface area contributed by atoms with Crippen molar-refractivity contribution in [2.24, 2.45) is 14.1 Å². The monoisotopic (exact) mass is 252 g/mol. The maximum Gasteiger partial charge on any atom is 0.332 e. The molecule has 98 valence electrons. The number of aliphatic hydroxyl groups excluding tert-OH is 1. The molecular formula is C11H16N4O3. The second kappa shape index (κ2) is 5.06. The van der Waals surface area contributed by atoms with Crippen molar-refractivity contribution in [2.45, 2.75) is 13.0 Å². The number of hydrogen-bond acceptors (Lipinski definition) is 5. The second-order valence-corrected chi connectivity index (χ2v) is 4.25. The summed E-state index contributed by atoms with van der Waals surface area (Å²) in [7, 11) is 4.42. The summed E-state index contributed by atoms with van der Waals surface area (Å²) in [5, 5.41) is 18.4. The molecule has 0 aliphatic carbocycles. The summed E-state index contributed by atoms with van der Waals surface area (Å²) in [6, 6.07) is 1.81. The van der Waals surface area contributed by atoms with Gasteiger partial charge in [-0.05, 0) is 6.92 Å². The average molecular weight is 252 g/mol. The van der Waals surface area contributed by atoms with Crippen molar-refractivity contribution >= 4 is 5.82 Å². The fourth-order valence-corrected chi connectivity index (χ4v) is 1.86. The van der Waals surface area contributed by atoms with E-state index >= 15 is 0 Å². The van der Waals surface area contributed by atoms with Gasteiger partial charge in [0, 0.05) is 27.7 Å². The second-order valence-electron chi connectivity index (χ2n) is 4.25. The van der Waals surface area contributed by atoms with Crippen molar-refractivity contribution in [2.75, 3.05) is 18.5 Å². The van der Waals surface area contributed by atoms with Gasteiger partial charge in [0.05, 0.1) is 6.10 Å². The molecule has 1 rings (SSSR count). The summed E-state index contributed by atoms with van der Waals surface area (Å²) >= 11 is 0. The molecule has 7 heteroatoms. The molecule has 0 bridgehead atoms. The van der Waals surface area contributed by atoms with Gasteiger partial charge in [-0.2, -0.15) is 5.26 Å². The highest BCUT2D eigenvalue weighted by Gasteiger charge is 2.19. The van der Waals surface area contributed by atoms with Crippen molar-refractivity contribution in [3.8, 4) is 6.07 Å². The van der Waals surface area contributed by atoms with Crippen molar-refractivity contribution in [1.82, 2.24) is 9.13 Å². The lowest BCUT2D eigenvalue weighted by atomic mass is 10.2. The van der Waals surface area contributed by atoms with Gasteiger partial charge in [-0.15, -0.1) is 0 Å². The van der Waals surface area contributed by atoms with E-state index in [1.54, 1.807) is 14.0 Å². The Morgan fingerprint density at radius 3 is 2.39 bits per heavy atom. The summed E-state index contributed by atoms with van der Waals surface area (Å²) in [6.45, 7) is 1.80. The van der Waals surface area contributed by atoms with Crippen molar-refractivity contribution in [3.05, 3.63) is 26.4 Å². The Bertz CT molecular complexity index is 606. The predicted molar refractivity (Wildman–Crippen MR) is 66.6 cm³/mol. The van der Waals surface area contributed by atoms with Crippen molar-refractivity contribution in [1.29, 1.82) is 5.26 Å². The molecule has 0 saturated carbocycles. The minimum Gasteiger partial charge on any atom is -0.392 e. The first-order valence-corrected chi connectivity index (χ1v) is 5.40. The van der Waals surface area contributed by atoms with Crippen LogP contribution in [-0.2, 0) is 14.1 Å². The minimum atomic E-state index is -0.638. The number of aromatic nitrogens is 2. The molecule has 1 aromatic heterocycles. The molecular weight excluding hydrogens is 236 g/mol. The topological polar surface area (TPSA) is 91.3 Å². The Balaban J connectivity index is 3.59. The average Bonchev–Trinajstić information content (AvgIpc) is 2.29. The summed E-state index contributed by atoms with van der Waals surface area (Å²) in [5.74, 6) is 0.214. The molecule has 0 radical (unpaired) electrons. The molecule has 0 aromatic carbocycles. The number of nitriles is 1. The first-order chi connectivity index (χ1) is 8.31. The molecule has 1 atom stereocenters.